The second-order valence-corrected chi connectivity index (χ2v) is 7.43. The number of ketones is 1. The quantitative estimate of drug-likeness (QED) is 0.415. The van der Waals surface area contributed by atoms with E-state index in [2.05, 4.69) is 14.9 Å². The number of phenolic OH excluding ortho intramolecular Hbond substituents is 1. The van der Waals surface area contributed by atoms with Crippen LogP contribution in [-0.4, -0.2) is 51.0 Å². The maximum Gasteiger partial charge on any atom is 0.322 e. The van der Waals surface area contributed by atoms with Gasteiger partial charge in [0.1, 0.15) is 34.3 Å². The van der Waals surface area contributed by atoms with Crippen LogP contribution in [0.4, 0.5) is 0 Å². The number of nitrogens with zero attached hydrogens (tertiary/aromatic N) is 3. The van der Waals surface area contributed by atoms with E-state index in [0.29, 0.717) is 31.4 Å². The number of Topliss-reactive ketones (excluding diaryl/α,β-unsaturated/α-hetero) is 1. The molecule has 0 bridgehead atoms. The zero-order valence-electron chi connectivity index (χ0n) is 17.4. The first kappa shape index (κ1) is 22.4. The fourth-order valence-electron chi connectivity index (χ4n) is 3.29. The molecule has 0 amide bonds. The number of esters is 1. The van der Waals surface area contributed by atoms with Crippen LogP contribution in [0.25, 0.3) is 16.7 Å². The number of fused-ring (bicyclic) bond motifs is 1. The van der Waals surface area contributed by atoms with Crippen molar-refractivity contribution < 1.29 is 19.4 Å². The molecule has 31 heavy (non-hydrogen) atoms. The summed E-state index contributed by atoms with van der Waals surface area (Å²) in [6.45, 7) is 0. The Balaban J connectivity index is 1.57. The number of methoxy groups -OCH3 is 1. The van der Waals surface area contributed by atoms with Crippen LogP contribution in [0.5, 0.6) is 5.75 Å². The lowest BCUT2D eigenvalue weighted by Gasteiger charge is -2.13. The number of aromatic hydroxyl groups is 1. The topological polar surface area (TPSA) is 146 Å². The van der Waals surface area contributed by atoms with Gasteiger partial charge in [0.25, 0.3) is 0 Å². The first-order valence-electron chi connectivity index (χ1n) is 10.1. The summed E-state index contributed by atoms with van der Waals surface area (Å²) in [6.07, 6.45) is 2.17. The summed E-state index contributed by atoms with van der Waals surface area (Å²) >= 11 is 0. The van der Waals surface area contributed by atoms with E-state index in [0.717, 1.165) is 16.6 Å². The SMILES string of the molecule is COC(=O)[C@@H](N)CCCC(N)C(=O)CCc1ccc(O)c(-n2nc3ccccc3n2)c1. The maximum absolute atomic E-state index is 12.4. The van der Waals surface area contributed by atoms with Gasteiger partial charge in [-0.25, -0.2) is 0 Å². The Bertz CT molecular complexity index is 1030. The number of aromatic nitrogens is 3. The zero-order valence-corrected chi connectivity index (χ0v) is 17.4. The lowest BCUT2D eigenvalue weighted by atomic mass is 9.99. The van der Waals surface area contributed by atoms with Gasteiger partial charge in [0.2, 0.25) is 0 Å². The Morgan fingerprint density at radius 3 is 2.35 bits per heavy atom. The molecule has 3 aromatic rings. The zero-order chi connectivity index (χ0) is 22.4. The molecule has 2 atom stereocenters. The number of nitrogens with two attached hydrogens (primary N) is 2. The Labute approximate surface area is 180 Å². The fourth-order valence-corrected chi connectivity index (χ4v) is 3.29. The third-order valence-electron chi connectivity index (χ3n) is 5.15. The van der Waals surface area contributed by atoms with Gasteiger partial charge >= 0.3 is 5.97 Å². The predicted molar refractivity (Wildman–Crippen MR) is 116 cm³/mol. The summed E-state index contributed by atoms with van der Waals surface area (Å²) in [5.41, 5.74) is 14.4. The first-order chi connectivity index (χ1) is 14.9. The molecule has 2 aromatic carbocycles. The van der Waals surface area contributed by atoms with Crippen molar-refractivity contribution >= 4 is 22.8 Å². The fraction of sp³-hybridized carbons (Fsp3) is 0.364. The van der Waals surface area contributed by atoms with Gasteiger partial charge in [0.05, 0.1) is 13.2 Å². The number of benzene rings is 2. The molecule has 0 fully saturated rings. The van der Waals surface area contributed by atoms with Gasteiger partial charge in [0, 0.05) is 6.42 Å². The van der Waals surface area contributed by atoms with Crippen molar-refractivity contribution in [1.82, 2.24) is 15.0 Å². The van der Waals surface area contributed by atoms with E-state index < -0.39 is 18.1 Å². The number of phenols is 1. The molecule has 1 aromatic heterocycles. The van der Waals surface area contributed by atoms with Crippen molar-refractivity contribution in [3.05, 3.63) is 48.0 Å². The number of hydrogen-bond acceptors (Lipinski definition) is 8. The van der Waals surface area contributed by atoms with Gasteiger partial charge in [-0.15, -0.1) is 15.0 Å². The number of carbonyl (C=O) groups excluding carboxylic acids is 2. The normalized spacial score (nSPS) is 13.1. The third kappa shape index (κ3) is 5.65. The van der Waals surface area contributed by atoms with Crippen LogP contribution in [0.15, 0.2) is 42.5 Å². The highest BCUT2D eigenvalue weighted by Crippen LogP contribution is 2.24. The Morgan fingerprint density at radius 1 is 1.06 bits per heavy atom. The molecule has 0 radical (unpaired) electrons. The molecular weight excluding hydrogens is 398 g/mol. The molecular formula is C22H27N5O4. The van der Waals surface area contributed by atoms with Crippen LogP contribution in [0.2, 0.25) is 0 Å². The number of aryl methyl sites for hydroxylation is 1. The molecule has 1 unspecified atom stereocenters. The van der Waals surface area contributed by atoms with Crippen LogP contribution in [0, 0.1) is 0 Å². The monoisotopic (exact) mass is 425 g/mol. The van der Waals surface area contributed by atoms with Crippen LogP contribution in [0.1, 0.15) is 31.2 Å². The van der Waals surface area contributed by atoms with Crippen molar-refractivity contribution in [2.24, 2.45) is 11.5 Å². The number of rotatable bonds is 10. The van der Waals surface area contributed by atoms with Crippen molar-refractivity contribution in [3.63, 3.8) is 0 Å². The summed E-state index contributed by atoms with van der Waals surface area (Å²) in [7, 11) is 1.29. The maximum atomic E-state index is 12.4. The molecule has 5 N–H and O–H groups in total. The minimum Gasteiger partial charge on any atom is -0.506 e. The van der Waals surface area contributed by atoms with E-state index in [-0.39, 0.29) is 18.0 Å². The predicted octanol–water partition coefficient (Wildman–Crippen LogP) is 1.63. The molecule has 164 valence electrons. The van der Waals surface area contributed by atoms with Crippen molar-refractivity contribution in [2.45, 2.75) is 44.2 Å². The van der Waals surface area contributed by atoms with E-state index in [1.807, 2.05) is 24.3 Å². The van der Waals surface area contributed by atoms with Crippen molar-refractivity contribution in [1.29, 1.82) is 0 Å². The summed E-state index contributed by atoms with van der Waals surface area (Å²) in [6, 6.07) is 11.2. The minimum atomic E-state index is -0.699. The van der Waals surface area contributed by atoms with Gasteiger partial charge in [0.15, 0.2) is 0 Å². The molecule has 0 aliphatic rings. The summed E-state index contributed by atoms with van der Waals surface area (Å²) in [5.74, 6) is -0.485. The van der Waals surface area contributed by atoms with Crippen molar-refractivity contribution in [2.75, 3.05) is 7.11 Å². The summed E-state index contributed by atoms with van der Waals surface area (Å²) in [5, 5.41) is 19.0. The molecule has 0 aliphatic carbocycles. The van der Waals surface area contributed by atoms with Gasteiger partial charge in [-0.05, 0) is 55.5 Å². The molecule has 3 rings (SSSR count). The molecule has 9 heteroatoms. The molecule has 9 nitrogen and oxygen atoms in total. The van der Waals surface area contributed by atoms with Gasteiger partial charge in [-0.1, -0.05) is 18.2 Å². The second kappa shape index (κ2) is 10.1. The van der Waals surface area contributed by atoms with E-state index >= 15 is 0 Å². The number of hydrogen-bond donors (Lipinski definition) is 3. The van der Waals surface area contributed by atoms with E-state index in [9.17, 15) is 14.7 Å². The minimum absolute atomic E-state index is 0.0500. The van der Waals surface area contributed by atoms with Crippen LogP contribution >= 0.6 is 0 Å². The number of carbonyl (C=O) groups is 2. The summed E-state index contributed by atoms with van der Waals surface area (Å²) < 4.78 is 4.58. The number of ether oxygens (including phenoxy) is 1. The van der Waals surface area contributed by atoms with E-state index in [1.54, 1.807) is 18.2 Å². The van der Waals surface area contributed by atoms with E-state index in [4.69, 9.17) is 11.5 Å². The standard InChI is InChI=1S/C22H27N5O4/c1-31-22(30)16(24)6-4-5-15(23)20(28)11-9-14-10-12-21(29)19(13-14)27-25-17-7-2-3-8-18(17)26-27/h2-3,7-8,10,12-13,15-16,29H,4-6,9,11,23-24H2,1H3/t15?,16-/m0/s1. The Morgan fingerprint density at radius 2 is 1.71 bits per heavy atom. The Hall–Kier alpha value is -3.30. The molecule has 1 heterocycles. The lowest BCUT2D eigenvalue weighted by molar-refractivity contribution is -0.142. The molecule has 0 aliphatic heterocycles. The lowest BCUT2D eigenvalue weighted by Crippen LogP contribution is -2.34. The molecule has 0 saturated carbocycles. The average molecular weight is 425 g/mol. The van der Waals surface area contributed by atoms with Gasteiger partial charge < -0.3 is 21.3 Å². The van der Waals surface area contributed by atoms with Gasteiger partial charge in [-0.3, -0.25) is 9.59 Å². The average Bonchev–Trinajstić information content (AvgIpc) is 3.21. The molecule has 0 saturated heterocycles. The van der Waals surface area contributed by atoms with Crippen LogP contribution in [0.3, 0.4) is 0 Å². The first-order valence-corrected chi connectivity index (χ1v) is 10.1. The summed E-state index contributed by atoms with van der Waals surface area (Å²) in [4.78, 5) is 25.1. The van der Waals surface area contributed by atoms with E-state index in [1.165, 1.54) is 11.9 Å². The smallest absolute Gasteiger partial charge is 0.322 e. The Kier molecular flexibility index (Phi) is 7.32. The van der Waals surface area contributed by atoms with Gasteiger partial charge in [-0.2, -0.15) is 0 Å². The van der Waals surface area contributed by atoms with Crippen LogP contribution < -0.4 is 11.5 Å². The van der Waals surface area contributed by atoms with Crippen molar-refractivity contribution in [3.8, 4) is 11.4 Å². The second-order valence-electron chi connectivity index (χ2n) is 7.43. The largest absolute Gasteiger partial charge is 0.506 e. The highest BCUT2D eigenvalue weighted by Gasteiger charge is 2.17. The van der Waals surface area contributed by atoms with Crippen LogP contribution in [-0.2, 0) is 20.7 Å². The highest BCUT2D eigenvalue weighted by molar-refractivity contribution is 5.84. The third-order valence-corrected chi connectivity index (χ3v) is 5.15. The highest BCUT2D eigenvalue weighted by atomic mass is 16.5. The molecule has 0 spiro atoms.